The SMILES string of the molecule is CCCOc1cccc(C(=O)Cc2ccc(Br)cc2F)c1. The van der Waals surface area contributed by atoms with E-state index in [0.29, 0.717) is 28.0 Å². The Morgan fingerprint density at radius 3 is 2.76 bits per heavy atom. The van der Waals surface area contributed by atoms with Crippen molar-refractivity contribution in [3.63, 3.8) is 0 Å². The maximum Gasteiger partial charge on any atom is 0.167 e. The maximum atomic E-state index is 13.8. The first kappa shape index (κ1) is 15.7. The van der Waals surface area contributed by atoms with Crippen molar-refractivity contribution >= 4 is 21.7 Å². The molecule has 0 aliphatic rings. The average molecular weight is 351 g/mol. The average Bonchev–Trinajstić information content (AvgIpc) is 2.48. The quantitative estimate of drug-likeness (QED) is 0.699. The van der Waals surface area contributed by atoms with E-state index in [0.717, 1.165) is 6.42 Å². The van der Waals surface area contributed by atoms with Gasteiger partial charge in [-0.1, -0.05) is 41.1 Å². The fourth-order valence-electron chi connectivity index (χ4n) is 1.92. The summed E-state index contributed by atoms with van der Waals surface area (Å²) in [5.74, 6) is 0.160. The molecule has 0 aliphatic carbocycles. The summed E-state index contributed by atoms with van der Waals surface area (Å²) in [6.07, 6.45) is 0.943. The Labute approximate surface area is 132 Å². The molecule has 0 unspecified atom stereocenters. The summed E-state index contributed by atoms with van der Waals surface area (Å²) in [4.78, 5) is 12.2. The molecule has 4 heteroatoms. The minimum Gasteiger partial charge on any atom is -0.494 e. The zero-order chi connectivity index (χ0) is 15.2. The number of benzene rings is 2. The summed E-state index contributed by atoms with van der Waals surface area (Å²) in [6, 6.07) is 11.7. The molecule has 0 saturated carbocycles. The fraction of sp³-hybridized carbons (Fsp3) is 0.235. The van der Waals surface area contributed by atoms with E-state index in [1.54, 1.807) is 30.3 Å². The third kappa shape index (κ3) is 4.39. The molecule has 0 fully saturated rings. The second kappa shape index (κ2) is 7.36. The van der Waals surface area contributed by atoms with Gasteiger partial charge in [0.25, 0.3) is 0 Å². The van der Waals surface area contributed by atoms with Crippen molar-refractivity contribution in [1.82, 2.24) is 0 Å². The van der Waals surface area contributed by atoms with Gasteiger partial charge < -0.3 is 4.74 Å². The maximum absolute atomic E-state index is 13.8. The van der Waals surface area contributed by atoms with Crippen molar-refractivity contribution in [2.45, 2.75) is 19.8 Å². The van der Waals surface area contributed by atoms with Gasteiger partial charge in [-0.25, -0.2) is 4.39 Å². The molecule has 2 aromatic rings. The van der Waals surface area contributed by atoms with Gasteiger partial charge in [-0.2, -0.15) is 0 Å². The first-order chi connectivity index (χ1) is 10.1. The molecule has 0 bridgehead atoms. The summed E-state index contributed by atoms with van der Waals surface area (Å²) in [6.45, 7) is 2.63. The van der Waals surface area contributed by atoms with Crippen molar-refractivity contribution in [1.29, 1.82) is 0 Å². The van der Waals surface area contributed by atoms with Crippen LogP contribution in [0.15, 0.2) is 46.9 Å². The normalized spacial score (nSPS) is 10.4. The molecule has 0 saturated heterocycles. The van der Waals surface area contributed by atoms with Crippen LogP contribution in [0.2, 0.25) is 0 Å². The third-order valence-electron chi connectivity index (χ3n) is 2.99. The van der Waals surface area contributed by atoms with Gasteiger partial charge in [0.2, 0.25) is 0 Å². The second-order valence-electron chi connectivity index (χ2n) is 4.71. The van der Waals surface area contributed by atoms with Gasteiger partial charge in [0.15, 0.2) is 5.78 Å². The molecule has 21 heavy (non-hydrogen) atoms. The lowest BCUT2D eigenvalue weighted by molar-refractivity contribution is 0.0991. The highest BCUT2D eigenvalue weighted by molar-refractivity contribution is 9.10. The predicted octanol–water partition coefficient (Wildman–Crippen LogP) is 4.80. The Kier molecular flexibility index (Phi) is 5.51. The van der Waals surface area contributed by atoms with E-state index in [9.17, 15) is 9.18 Å². The highest BCUT2D eigenvalue weighted by Gasteiger charge is 2.11. The first-order valence-corrected chi connectivity index (χ1v) is 7.59. The van der Waals surface area contributed by atoms with Gasteiger partial charge in [0, 0.05) is 16.5 Å². The zero-order valence-corrected chi connectivity index (χ0v) is 13.3. The van der Waals surface area contributed by atoms with E-state index < -0.39 is 0 Å². The number of hydrogen-bond acceptors (Lipinski definition) is 2. The number of Topliss-reactive ketones (excluding diaryl/α,β-unsaturated/α-hetero) is 1. The number of carbonyl (C=O) groups excluding carboxylic acids is 1. The van der Waals surface area contributed by atoms with Crippen molar-refractivity contribution in [3.05, 3.63) is 63.9 Å². The van der Waals surface area contributed by atoms with Crippen molar-refractivity contribution in [2.24, 2.45) is 0 Å². The van der Waals surface area contributed by atoms with Gasteiger partial charge in [0.05, 0.1) is 6.61 Å². The molecule has 0 heterocycles. The molecule has 2 nitrogen and oxygen atoms in total. The lowest BCUT2D eigenvalue weighted by Crippen LogP contribution is -2.06. The predicted molar refractivity (Wildman–Crippen MR) is 84.4 cm³/mol. The number of ketones is 1. The largest absolute Gasteiger partial charge is 0.494 e. The van der Waals surface area contributed by atoms with E-state index in [1.807, 2.05) is 13.0 Å². The Morgan fingerprint density at radius 2 is 2.05 bits per heavy atom. The van der Waals surface area contributed by atoms with Crippen LogP contribution in [-0.2, 0) is 6.42 Å². The van der Waals surface area contributed by atoms with Crippen LogP contribution in [0.5, 0.6) is 5.75 Å². The summed E-state index contributed by atoms with van der Waals surface area (Å²) in [7, 11) is 0. The molecule has 0 aliphatic heterocycles. The van der Waals surface area contributed by atoms with Crippen molar-refractivity contribution in [2.75, 3.05) is 6.61 Å². The van der Waals surface area contributed by atoms with E-state index in [-0.39, 0.29) is 18.0 Å². The number of ether oxygens (including phenoxy) is 1. The second-order valence-corrected chi connectivity index (χ2v) is 5.63. The summed E-state index contributed by atoms with van der Waals surface area (Å²) in [5, 5.41) is 0. The van der Waals surface area contributed by atoms with E-state index in [2.05, 4.69) is 15.9 Å². The van der Waals surface area contributed by atoms with Crippen molar-refractivity contribution < 1.29 is 13.9 Å². The lowest BCUT2D eigenvalue weighted by atomic mass is 10.0. The Hall–Kier alpha value is -1.68. The standard InChI is InChI=1S/C17H16BrFO2/c1-2-8-21-15-5-3-4-13(9-15)17(20)10-12-6-7-14(18)11-16(12)19/h3-7,9,11H,2,8,10H2,1H3. The van der Waals surface area contributed by atoms with E-state index in [1.165, 1.54) is 6.07 Å². The lowest BCUT2D eigenvalue weighted by Gasteiger charge is -2.07. The molecule has 0 N–H and O–H groups in total. The number of rotatable bonds is 6. The van der Waals surface area contributed by atoms with Crippen molar-refractivity contribution in [3.8, 4) is 5.75 Å². The number of hydrogen-bond donors (Lipinski definition) is 0. The monoisotopic (exact) mass is 350 g/mol. The molecular weight excluding hydrogens is 335 g/mol. The van der Waals surface area contributed by atoms with E-state index >= 15 is 0 Å². The molecule has 0 spiro atoms. The van der Waals surface area contributed by atoms with Crippen LogP contribution >= 0.6 is 15.9 Å². The van der Waals surface area contributed by atoms with Crippen LogP contribution in [0.1, 0.15) is 29.3 Å². The highest BCUT2D eigenvalue weighted by atomic mass is 79.9. The molecule has 0 radical (unpaired) electrons. The third-order valence-corrected chi connectivity index (χ3v) is 3.49. The summed E-state index contributed by atoms with van der Waals surface area (Å²) in [5.41, 5.74) is 0.925. The molecule has 2 rings (SSSR count). The van der Waals surface area contributed by atoms with E-state index in [4.69, 9.17) is 4.74 Å². The molecule has 0 aromatic heterocycles. The Bertz CT molecular complexity index is 640. The Balaban J connectivity index is 2.12. The number of halogens is 2. The molecule has 2 aromatic carbocycles. The minimum absolute atomic E-state index is 0.0380. The smallest absolute Gasteiger partial charge is 0.167 e. The molecule has 0 atom stereocenters. The Morgan fingerprint density at radius 1 is 1.24 bits per heavy atom. The molecule has 0 amide bonds. The van der Waals surface area contributed by atoms with Crippen LogP contribution < -0.4 is 4.74 Å². The van der Waals surface area contributed by atoms with Gasteiger partial charge in [-0.05, 0) is 36.2 Å². The summed E-state index contributed by atoms with van der Waals surface area (Å²) < 4.78 is 19.9. The van der Waals surface area contributed by atoms with Crippen LogP contribution in [-0.4, -0.2) is 12.4 Å². The number of carbonyl (C=O) groups is 1. The first-order valence-electron chi connectivity index (χ1n) is 6.80. The van der Waals surface area contributed by atoms with Gasteiger partial charge in [-0.15, -0.1) is 0 Å². The van der Waals surface area contributed by atoms with Crippen LogP contribution in [0.3, 0.4) is 0 Å². The molecule has 110 valence electrons. The minimum atomic E-state index is -0.379. The highest BCUT2D eigenvalue weighted by Crippen LogP contribution is 2.19. The topological polar surface area (TPSA) is 26.3 Å². The van der Waals surface area contributed by atoms with Crippen LogP contribution in [0.25, 0.3) is 0 Å². The van der Waals surface area contributed by atoms with Crippen LogP contribution in [0, 0.1) is 5.82 Å². The van der Waals surface area contributed by atoms with Gasteiger partial charge in [-0.3, -0.25) is 4.79 Å². The van der Waals surface area contributed by atoms with Gasteiger partial charge in [0.1, 0.15) is 11.6 Å². The van der Waals surface area contributed by atoms with Crippen LogP contribution in [0.4, 0.5) is 4.39 Å². The molecular formula is C17H16BrFO2. The summed E-state index contributed by atoms with van der Waals surface area (Å²) >= 11 is 3.20. The zero-order valence-electron chi connectivity index (χ0n) is 11.7. The van der Waals surface area contributed by atoms with Gasteiger partial charge >= 0.3 is 0 Å². The fourth-order valence-corrected chi connectivity index (χ4v) is 2.25.